The fraction of sp³-hybridized carbons (Fsp3) is 0.333. The van der Waals surface area contributed by atoms with Gasteiger partial charge in [-0.15, -0.1) is 0 Å². The Hall–Kier alpha value is -1.44. The highest BCUT2D eigenvalue weighted by Crippen LogP contribution is 2.39. The van der Waals surface area contributed by atoms with Crippen LogP contribution in [0.15, 0.2) is 6.20 Å². The van der Waals surface area contributed by atoms with Gasteiger partial charge in [-0.1, -0.05) is 11.6 Å². The largest absolute Gasteiger partial charge is 0.464 e. The van der Waals surface area contributed by atoms with E-state index in [1.807, 2.05) is 0 Å². The number of ether oxygens (including phenoxy) is 1. The Morgan fingerprint density at radius 1 is 1.44 bits per heavy atom. The van der Waals surface area contributed by atoms with Crippen LogP contribution in [0.4, 0.5) is 22.0 Å². The fourth-order valence-corrected chi connectivity index (χ4v) is 1.49. The Kier molecular flexibility index (Phi) is 4.10. The lowest BCUT2D eigenvalue weighted by Crippen LogP contribution is -2.14. The molecule has 0 unspecified atom stereocenters. The fourth-order valence-electron chi connectivity index (χ4n) is 1.16. The molecule has 0 saturated carbocycles. The third kappa shape index (κ3) is 2.69. The first kappa shape index (κ1) is 14.6. The van der Waals surface area contributed by atoms with Crippen LogP contribution in [0.1, 0.15) is 28.0 Å². The SMILES string of the molecule is COC(=O)c1ncc(C(F)(F)F)c(Cl)c1C(F)F. The van der Waals surface area contributed by atoms with Crippen LogP contribution in [0.2, 0.25) is 5.02 Å². The molecular weight excluding hydrogens is 285 g/mol. The van der Waals surface area contributed by atoms with Gasteiger partial charge in [0, 0.05) is 6.20 Å². The van der Waals surface area contributed by atoms with Gasteiger partial charge in [0.25, 0.3) is 6.43 Å². The van der Waals surface area contributed by atoms with Crippen molar-refractivity contribution in [2.24, 2.45) is 0 Å². The molecule has 0 aromatic carbocycles. The summed E-state index contributed by atoms with van der Waals surface area (Å²) in [4.78, 5) is 14.1. The summed E-state index contributed by atoms with van der Waals surface area (Å²) in [5, 5.41) is -1.26. The van der Waals surface area contributed by atoms with Gasteiger partial charge in [-0.25, -0.2) is 18.6 Å². The minimum absolute atomic E-state index is 0.209. The standard InChI is InChI=1S/C9H5ClF5NO2/c1-18-8(17)6-4(7(11)12)5(10)3(2-16-6)9(13,14)15/h2,7H,1H3. The van der Waals surface area contributed by atoms with Gasteiger partial charge in [-0.3, -0.25) is 0 Å². The predicted molar refractivity (Wildman–Crippen MR) is 50.5 cm³/mol. The molecule has 9 heteroatoms. The summed E-state index contributed by atoms with van der Waals surface area (Å²) in [5.41, 5.74) is -3.77. The number of nitrogens with zero attached hydrogens (tertiary/aromatic N) is 1. The van der Waals surface area contributed by atoms with Gasteiger partial charge in [0.15, 0.2) is 5.69 Å². The molecule has 0 aliphatic carbocycles. The number of pyridine rings is 1. The Morgan fingerprint density at radius 2 is 2.00 bits per heavy atom. The number of methoxy groups -OCH3 is 1. The van der Waals surface area contributed by atoms with E-state index >= 15 is 0 Å². The van der Waals surface area contributed by atoms with Crippen molar-refractivity contribution in [2.45, 2.75) is 12.6 Å². The van der Waals surface area contributed by atoms with E-state index in [4.69, 9.17) is 11.6 Å². The number of hydrogen-bond acceptors (Lipinski definition) is 3. The molecule has 0 spiro atoms. The van der Waals surface area contributed by atoms with Gasteiger partial charge in [-0.2, -0.15) is 13.2 Å². The molecule has 18 heavy (non-hydrogen) atoms. The molecule has 0 N–H and O–H groups in total. The zero-order valence-electron chi connectivity index (χ0n) is 8.69. The summed E-state index contributed by atoms with van der Waals surface area (Å²) in [6, 6.07) is 0. The topological polar surface area (TPSA) is 39.2 Å². The molecule has 1 heterocycles. The summed E-state index contributed by atoms with van der Waals surface area (Å²) in [7, 11) is 0.880. The Bertz CT molecular complexity index is 475. The van der Waals surface area contributed by atoms with Crippen LogP contribution < -0.4 is 0 Å². The number of alkyl halides is 5. The minimum Gasteiger partial charge on any atom is -0.464 e. The van der Waals surface area contributed by atoms with Crippen molar-refractivity contribution in [2.75, 3.05) is 7.11 Å². The van der Waals surface area contributed by atoms with Crippen molar-refractivity contribution in [3.8, 4) is 0 Å². The van der Waals surface area contributed by atoms with Gasteiger partial charge < -0.3 is 4.74 Å². The summed E-state index contributed by atoms with van der Waals surface area (Å²) < 4.78 is 66.7. The van der Waals surface area contributed by atoms with E-state index in [-0.39, 0.29) is 6.20 Å². The number of esters is 1. The third-order valence-electron chi connectivity index (χ3n) is 1.95. The molecule has 0 saturated heterocycles. The van der Waals surface area contributed by atoms with Gasteiger partial charge in [0.1, 0.15) is 0 Å². The number of halogens is 6. The maximum absolute atomic E-state index is 12.7. The van der Waals surface area contributed by atoms with Crippen molar-refractivity contribution < 1.29 is 31.5 Å². The second-order valence-electron chi connectivity index (χ2n) is 3.04. The number of aromatic nitrogens is 1. The first-order chi connectivity index (χ1) is 8.20. The molecular formula is C9H5ClF5NO2. The molecule has 100 valence electrons. The summed E-state index contributed by atoms with van der Waals surface area (Å²) >= 11 is 5.25. The van der Waals surface area contributed by atoms with E-state index in [2.05, 4.69) is 9.72 Å². The number of carbonyl (C=O) groups excluding carboxylic acids is 1. The highest BCUT2D eigenvalue weighted by Gasteiger charge is 2.38. The van der Waals surface area contributed by atoms with Crippen LogP contribution in [0.25, 0.3) is 0 Å². The van der Waals surface area contributed by atoms with E-state index < -0.39 is 40.4 Å². The van der Waals surface area contributed by atoms with Crippen molar-refractivity contribution in [1.82, 2.24) is 4.98 Å². The van der Waals surface area contributed by atoms with Gasteiger partial charge in [0.2, 0.25) is 0 Å². The molecule has 0 atom stereocenters. The average molecular weight is 290 g/mol. The zero-order chi connectivity index (χ0) is 14.1. The molecule has 0 radical (unpaired) electrons. The lowest BCUT2D eigenvalue weighted by Gasteiger charge is -2.13. The second kappa shape index (κ2) is 5.05. The monoisotopic (exact) mass is 289 g/mol. The lowest BCUT2D eigenvalue weighted by atomic mass is 10.1. The Balaban J connectivity index is 3.53. The van der Waals surface area contributed by atoms with Crippen molar-refractivity contribution >= 4 is 17.6 Å². The highest BCUT2D eigenvalue weighted by atomic mass is 35.5. The number of rotatable bonds is 2. The molecule has 1 aromatic rings. The van der Waals surface area contributed by atoms with Crippen LogP contribution in [0.3, 0.4) is 0 Å². The second-order valence-corrected chi connectivity index (χ2v) is 3.42. The summed E-state index contributed by atoms with van der Waals surface area (Å²) in [6.07, 6.45) is -8.12. The molecule has 0 aliphatic heterocycles. The average Bonchev–Trinajstić information content (AvgIpc) is 2.25. The van der Waals surface area contributed by atoms with Crippen LogP contribution >= 0.6 is 11.6 Å². The zero-order valence-corrected chi connectivity index (χ0v) is 9.44. The molecule has 0 bridgehead atoms. The highest BCUT2D eigenvalue weighted by molar-refractivity contribution is 6.32. The van der Waals surface area contributed by atoms with E-state index in [1.165, 1.54) is 0 Å². The molecule has 0 fully saturated rings. The Labute approximate surface area is 103 Å². The Morgan fingerprint density at radius 3 is 2.39 bits per heavy atom. The van der Waals surface area contributed by atoms with E-state index in [9.17, 15) is 26.7 Å². The first-order valence-corrected chi connectivity index (χ1v) is 4.70. The van der Waals surface area contributed by atoms with Crippen LogP contribution in [-0.2, 0) is 10.9 Å². The van der Waals surface area contributed by atoms with E-state index in [1.54, 1.807) is 0 Å². The van der Waals surface area contributed by atoms with Gasteiger partial charge in [-0.05, 0) is 0 Å². The quantitative estimate of drug-likeness (QED) is 0.618. The maximum Gasteiger partial charge on any atom is 0.419 e. The lowest BCUT2D eigenvalue weighted by molar-refractivity contribution is -0.137. The normalized spacial score (nSPS) is 11.8. The summed E-state index contributed by atoms with van der Waals surface area (Å²) in [6.45, 7) is 0. The van der Waals surface area contributed by atoms with Crippen LogP contribution in [0.5, 0.6) is 0 Å². The summed E-state index contributed by atoms with van der Waals surface area (Å²) in [5.74, 6) is -1.29. The van der Waals surface area contributed by atoms with E-state index in [0.717, 1.165) is 7.11 Å². The molecule has 1 rings (SSSR count). The number of hydrogen-bond donors (Lipinski definition) is 0. The maximum atomic E-state index is 12.7. The third-order valence-corrected chi connectivity index (χ3v) is 2.36. The number of carbonyl (C=O) groups is 1. The smallest absolute Gasteiger partial charge is 0.419 e. The molecule has 3 nitrogen and oxygen atoms in total. The molecule has 0 aliphatic rings. The van der Waals surface area contributed by atoms with Gasteiger partial charge in [0.05, 0.1) is 23.3 Å². The first-order valence-electron chi connectivity index (χ1n) is 4.32. The van der Waals surface area contributed by atoms with Crippen LogP contribution in [-0.4, -0.2) is 18.1 Å². The minimum atomic E-state index is -4.94. The van der Waals surface area contributed by atoms with Crippen molar-refractivity contribution in [1.29, 1.82) is 0 Å². The molecule has 1 aromatic heterocycles. The van der Waals surface area contributed by atoms with E-state index in [0.29, 0.717) is 0 Å². The van der Waals surface area contributed by atoms with Crippen molar-refractivity contribution in [3.05, 3.63) is 28.0 Å². The van der Waals surface area contributed by atoms with Crippen molar-refractivity contribution in [3.63, 3.8) is 0 Å². The van der Waals surface area contributed by atoms with Gasteiger partial charge >= 0.3 is 12.1 Å². The van der Waals surface area contributed by atoms with Crippen LogP contribution in [0, 0.1) is 0 Å². The predicted octanol–water partition coefficient (Wildman–Crippen LogP) is 3.48. The molecule has 0 amide bonds.